The van der Waals surface area contributed by atoms with Gasteiger partial charge in [0.05, 0.1) is 13.2 Å². The second kappa shape index (κ2) is 6.15. The lowest BCUT2D eigenvalue weighted by Gasteiger charge is -2.13. The summed E-state index contributed by atoms with van der Waals surface area (Å²) >= 11 is 0. The van der Waals surface area contributed by atoms with E-state index in [-0.39, 0.29) is 0 Å². The monoisotopic (exact) mass is 262 g/mol. The summed E-state index contributed by atoms with van der Waals surface area (Å²) < 4.78 is 11.3. The average Bonchev–Trinajstić information content (AvgIpc) is 2.83. The molecule has 0 amide bonds. The number of fused-ring (bicyclic) bond motifs is 1. The van der Waals surface area contributed by atoms with E-state index in [1.54, 1.807) is 0 Å². The number of nitrogens with one attached hydrogen (secondary N) is 2. The van der Waals surface area contributed by atoms with Gasteiger partial charge in [0.25, 0.3) is 0 Å². The zero-order valence-electron chi connectivity index (χ0n) is 11.3. The first-order valence-corrected chi connectivity index (χ1v) is 7.29. The van der Waals surface area contributed by atoms with E-state index in [0.717, 1.165) is 43.4 Å². The van der Waals surface area contributed by atoms with E-state index in [1.807, 2.05) is 12.1 Å². The third-order valence-corrected chi connectivity index (χ3v) is 3.73. The second-order valence-electron chi connectivity index (χ2n) is 5.22. The van der Waals surface area contributed by atoms with Gasteiger partial charge in [0.1, 0.15) is 0 Å². The van der Waals surface area contributed by atoms with E-state index in [9.17, 15) is 0 Å². The van der Waals surface area contributed by atoms with Crippen molar-refractivity contribution in [2.75, 3.05) is 31.6 Å². The molecule has 0 bridgehead atoms. The molecule has 0 aliphatic carbocycles. The molecule has 0 aromatic heterocycles. The maximum Gasteiger partial charge on any atom is 0.163 e. The van der Waals surface area contributed by atoms with Crippen molar-refractivity contribution in [3.63, 3.8) is 0 Å². The molecule has 0 saturated carbocycles. The molecule has 2 aliphatic heterocycles. The predicted molar refractivity (Wildman–Crippen MR) is 76.2 cm³/mol. The van der Waals surface area contributed by atoms with Crippen molar-refractivity contribution in [2.45, 2.75) is 31.7 Å². The molecule has 2 aliphatic rings. The van der Waals surface area contributed by atoms with Gasteiger partial charge in [0.2, 0.25) is 0 Å². The van der Waals surface area contributed by atoms with Gasteiger partial charge in [0.15, 0.2) is 11.5 Å². The van der Waals surface area contributed by atoms with Crippen LogP contribution < -0.4 is 20.1 Å². The highest BCUT2D eigenvalue weighted by Gasteiger charge is 2.13. The molecule has 0 spiro atoms. The van der Waals surface area contributed by atoms with E-state index in [4.69, 9.17) is 9.47 Å². The van der Waals surface area contributed by atoms with Crippen LogP contribution in [0.1, 0.15) is 25.7 Å². The summed E-state index contributed by atoms with van der Waals surface area (Å²) in [6.07, 6.45) is 4.75. The molecule has 104 valence electrons. The fourth-order valence-electron chi connectivity index (χ4n) is 2.67. The van der Waals surface area contributed by atoms with Crippen LogP contribution in [0.4, 0.5) is 5.69 Å². The average molecular weight is 262 g/mol. The van der Waals surface area contributed by atoms with Gasteiger partial charge in [-0.15, -0.1) is 0 Å². The van der Waals surface area contributed by atoms with E-state index in [2.05, 4.69) is 16.7 Å². The zero-order valence-corrected chi connectivity index (χ0v) is 11.3. The lowest BCUT2D eigenvalue weighted by atomic mass is 10.1. The Morgan fingerprint density at radius 1 is 1.16 bits per heavy atom. The number of benzene rings is 1. The Balaban J connectivity index is 1.54. The molecular weight excluding hydrogens is 240 g/mol. The Hall–Kier alpha value is -1.42. The van der Waals surface area contributed by atoms with Crippen LogP contribution in [0.2, 0.25) is 0 Å². The molecule has 4 heteroatoms. The third-order valence-electron chi connectivity index (χ3n) is 3.73. The summed E-state index contributed by atoms with van der Waals surface area (Å²) in [6.45, 7) is 3.65. The number of ether oxygens (including phenoxy) is 2. The van der Waals surface area contributed by atoms with Crippen molar-refractivity contribution in [3.8, 4) is 11.5 Å². The van der Waals surface area contributed by atoms with E-state index < -0.39 is 0 Å². The Morgan fingerprint density at radius 2 is 2.05 bits per heavy atom. The van der Waals surface area contributed by atoms with E-state index in [1.165, 1.54) is 25.8 Å². The van der Waals surface area contributed by atoms with E-state index in [0.29, 0.717) is 6.04 Å². The molecule has 1 atom stereocenters. The molecule has 1 aromatic rings. The summed E-state index contributed by atoms with van der Waals surface area (Å²) in [4.78, 5) is 0. The molecule has 4 nitrogen and oxygen atoms in total. The molecule has 19 heavy (non-hydrogen) atoms. The second-order valence-corrected chi connectivity index (χ2v) is 5.22. The smallest absolute Gasteiger partial charge is 0.163 e. The summed E-state index contributed by atoms with van der Waals surface area (Å²) in [5.41, 5.74) is 1.11. The molecule has 1 fully saturated rings. The SMILES string of the molecule is c1cc2c(cc1NCCC1CCCN1)OCCCO2. The first-order valence-electron chi connectivity index (χ1n) is 7.29. The normalized spacial score (nSPS) is 22.0. The topological polar surface area (TPSA) is 42.5 Å². The van der Waals surface area contributed by atoms with Crippen molar-refractivity contribution in [3.05, 3.63) is 18.2 Å². The Labute approximate surface area is 114 Å². The van der Waals surface area contributed by atoms with Crippen molar-refractivity contribution in [1.29, 1.82) is 0 Å². The maximum absolute atomic E-state index is 5.69. The van der Waals surface area contributed by atoms with Gasteiger partial charge in [-0.25, -0.2) is 0 Å². The largest absolute Gasteiger partial charge is 0.490 e. The van der Waals surface area contributed by atoms with Crippen LogP contribution >= 0.6 is 0 Å². The van der Waals surface area contributed by atoms with Gasteiger partial charge >= 0.3 is 0 Å². The first kappa shape index (κ1) is 12.6. The van der Waals surface area contributed by atoms with Crippen LogP contribution in [0.3, 0.4) is 0 Å². The minimum absolute atomic E-state index is 0.688. The molecule has 1 aromatic carbocycles. The highest BCUT2D eigenvalue weighted by Crippen LogP contribution is 2.32. The van der Waals surface area contributed by atoms with Gasteiger partial charge in [-0.2, -0.15) is 0 Å². The van der Waals surface area contributed by atoms with Gasteiger partial charge in [-0.05, 0) is 37.9 Å². The molecule has 2 N–H and O–H groups in total. The highest BCUT2D eigenvalue weighted by atomic mass is 16.5. The first-order chi connectivity index (χ1) is 9.42. The maximum atomic E-state index is 5.69. The lowest BCUT2D eigenvalue weighted by Crippen LogP contribution is -2.24. The Morgan fingerprint density at radius 3 is 2.89 bits per heavy atom. The number of rotatable bonds is 4. The molecule has 1 saturated heterocycles. The van der Waals surface area contributed by atoms with Crippen LogP contribution in [0.5, 0.6) is 11.5 Å². The molecule has 3 rings (SSSR count). The standard InChI is InChI=1S/C15H22N2O2/c1-3-12(16-7-1)6-8-17-13-4-5-14-15(11-13)19-10-2-9-18-14/h4-5,11-12,16-17H,1-3,6-10H2. The van der Waals surface area contributed by atoms with Gasteiger partial charge in [-0.1, -0.05) is 0 Å². The molecule has 2 heterocycles. The highest BCUT2D eigenvalue weighted by molar-refractivity contribution is 5.54. The van der Waals surface area contributed by atoms with Crippen LogP contribution in [0.25, 0.3) is 0 Å². The van der Waals surface area contributed by atoms with Crippen LogP contribution in [-0.4, -0.2) is 32.3 Å². The minimum Gasteiger partial charge on any atom is -0.490 e. The minimum atomic E-state index is 0.688. The third kappa shape index (κ3) is 3.32. The summed E-state index contributed by atoms with van der Waals surface area (Å²) in [5.74, 6) is 1.72. The Bertz CT molecular complexity index is 417. The zero-order chi connectivity index (χ0) is 12.9. The lowest BCUT2D eigenvalue weighted by molar-refractivity contribution is 0.297. The number of hydrogen-bond acceptors (Lipinski definition) is 4. The van der Waals surface area contributed by atoms with E-state index >= 15 is 0 Å². The van der Waals surface area contributed by atoms with Crippen molar-refractivity contribution >= 4 is 5.69 Å². The fraction of sp³-hybridized carbons (Fsp3) is 0.600. The Kier molecular flexibility index (Phi) is 4.08. The van der Waals surface area contributed by atoms with Crippen molar-refractivity contribution < 1.29 is 9.47 Å². The van der Waals surface area contributed by atoms with Crippen molar-refractivity contribution in [2.24, 2.45) is 0 Å². The fourth-order valence-corrected chi connectivity index (χ4v) is 2.67. The predicted octanol–water partition coefficient (Wildman–Crippen LogP) is 2.40. The summed E-state index contributed by atoms with van der Waals surface area (Å²) in [7, 11) is 0. The van der Waals surface area contributed by atoms with Crippen LogP contribution in [-0.2, 0) is 0 Å². The van der Waals surface area contributed by atoms with Crippen LogP contribution in [0, 0.1) is 0 Å². The number of hydrogen-bond donors (Lipinski definition) is 2. The van der Waals surface area contributed by atoms with Gasteiger partial charge in [0, 0.05) is 30.8 Å². The molecule has 1 unspecified atom stereocenters. The quantitative estimate of drug-likeness (QED) is 0.874. The van der Waals surface area contributed by atoms with Gasteiger partial charge < -0.3 is 20.1 Å². The molecule has 0 radical (unpaired) electrons. The molecular formula is C15H22N2O2. The van der Waals surface area contributed by atoms with Gasteiger partial charge in [-0.3, -0.25) is 0 Å². The summed E-state index contributed by atoms with van der Waals surface area (Å²) in [5, 5.41) is 6.98. The van der Waals surface area contributed by atoms with Crippen LogP contribution in [0.15, 0.2) is 18.2 Å². The summed E-state index contributed by atoms with van der Waals surface area (Å²) in [6, 6.07) is 6.79. The number of anilines is 1. The van der Waals surface area contributed by atoms with Crippen molar-refractivity contribution in [1.82, 2.24) is 5.32 Å².